The monoisotopic (exact) mass is 661 g/mol. The number of piperazine rings is 1. The summed E-state index contributed by atoms with van der Waals surface area (Å²) in [7, 11) is 0. The van der Waals surface area contributed by atoms with Crippen LogP contribution in [0.15, 0.2) is 35.3 Å². The molecule has 1 saturated heterocycles. The third-order valence-corrected chi connectivity index (χ3v) is 6.85. The standard InChI is InChI=1S/C29H34F3N9O6/c1-28(2,3)47-25(45)19(8-9-20(42)40-12-10-34-11-13-40)37-23(43)16-4-6-18(7-5-16)41(26(46)29(30,31)32)15-17-14-35-22-21(36-17)24(44)39-27(33)38-22/h4-7,14,19,34H,8-13,15H2,1-3H3,(H,37,43)(H3,33,35,38,39,44)/t19-/m0/s1. The Morgan fingerprint density at radius 1 is 1.09 bits per heavy atom. The molecule has 3 amide bonds. The number of H-pyrrole nitrogens is 1. The molecule has 4 rings (SSSR count). The SMILES string of the molecule is CC(C)(C)OC(=O)[C@H](CCC(=O)N1CCNCC1)NC(=O)c1ccc(N(Cc2cnc3nc(N)[nH]c(=O)c3n2)C(=O)C(F)(F)F)cc1. The Hall–Kier alpha value is -5.13. The van der Waals surface area contributed by atoms with E-state index in [2.05, 4.69) is 30.6 Å². The van der Waals surface area contributed by atoms with Crippen LogP contribution >= 0.6 is 0 Å². The molecule has 15 nitrogen and oxygen atoms in total. The number of nitrogens with zero attached hydrogens (tertiary/aromatic N) is 5. The molecule has 2 aromatic heterocycles. The van der Waals surface area contributed by atoms with E-state index >= 15 is 0 Å². The number of nitrogens with one attached hydrogen (secondary N) is 3. The van der Waals surface area contributed by atoms with Gasteiger partial charge in [-0.1, -0.05) is 0 Å². The number of halogens is 3. The number of esters is 1. The first-order valence-electron chi connectivity index (χ1n) is 14.5. The van der Waals surface area contributed by atoms with Crippen molar-refractivity contribution in [3.05, 3.63) is 52.1 Å². The minimum Gasteiger partial charge on any atom is -0.458 e. The Kier molecular flexibility index (Phi) is 10.4. The Bertz CT molecular complexity index is 1700. The Labute approximate surface area is 266 Å². The van der Waals surface area contributed by atoms with Gasteiger partial charge in [0.05, 0.1) is 18.4 Å². The van der Waals surface area contributed by atoms with E-state index in [9.17, 15) is 37.1 Å². The average Bonchev–Trinajstić information content (AvgIpc) is 3.00. The summed E-state index contributed by atoms with van der Waals surface area (Å²) in [5.74, 6) is -4.18. The minimum atomic E-state index is -5.28. The number of anilines is 2. The smallest absolute Gasteiger partial charge is 0.458 e. The van der Waals surface area contributed by atoms with Crippen molar-refractivity contribution in [2.45, 2.75) is 58.0 Å². The Morgan fingerprint density at radius 2 is 1.74 bits per heavy atom. The number of fused-ring (bicyclic) bond motifs is 1. The average molecular weight is 662 g/mol. The molecule has 5 N–H and O–H groups in total. The van der Waals surface area contributed by atoms with Crippen molar-refractivity contribution < 1.29 is 37.1 Å². The van der Waals surface area contributed by atoms with Crippen LogP contribution in [-0.4, -0.2) is 92.5 Å². The van der Waals surface area contributed by atoms with Gasteiger partial charge < -0.3 is 26.0 Å². The highest BCUT2D eigenvalue weighted by atomic mass is 19.4. The van der Waals surface area contributed by atoms with Gasteiger partial charge in [-0.3, -0.25) is 29.1 Å². The highest BCUT2D eigenvalue weighted by molar-refractivity contribution is 5.99. The molecule has 3 aromatic rings. The van der Waals surface area contributed by atoms with E-state index in [0.717, 1.165) is 18.3 Å². The van der Waals surface area contributed by atoms with Gasteiger partial charge in [-0.15, -0.1) is 0 Å². The van der Waals surface area contributed by atoms with E-state index in [0.29, 0.717) is 31.1 Å². The van der Waals surface area contributed by atoms with Crippen molar-refractivity contribution in [3.63, 3.8) is 0 Å². The van der Waals surface area contributed by atoms with Crippen molar-refractivity contribution in [2.24, 2.45) is 0 Å². The zero-order valence-corrected chi connectivity index (χ0v) is 25.8. The third kappa shape index (κ3) is 9.21. The first kappa shape index (κ1) is 34.7. The van der Waals surface area contributed by atoms with Crippen LogP contribution in [0.25, 0.3) is 11.2 Å². The highest BCUT2D eigenvalue weighted by Crippen LogP contribution is 2.26. The van der Waals surface area contributed by atoms with E-state index in [1.165, 1.54) is 12.1 Å². The van der Waals surface area contributed by atoms with Gasteiger partial charge in [0, 0.05) is 43.9 Å². The highest BCUT2D eigenvalue weighted by Gasteiger charge is 2.43. The number of benzene rings is 1. The second-order valence-corrected chi connectivity index (χ2v) is 11.6. The molecule has 1 atom stereocenters. The number of carbonyl (C=O) groups excluding carboxylic acids is 4. The van der Waals surface area contributed by atoms with Crippen molar-refractivity contribution in [1.82, 2.24) is 35.5 Å². The first-order chi connectivity index (χ1) is 22.0. The second kappa shape index (κ2) is 14.1. The lowest BCUT2D eigenvalue weighted by molar-refractivity contribution is -0.170. The van der Waals surface area contributed by atoms with E-state index < -0.39 is 47.7 Å². The van der Waals surface area contributed by atoms with E-state index in [-0.39, 0.29) is 52.8 Å². The van der Waals surface area contributed by atoms with Gasteiger partial charge >= 0.3 is 18.1 Å². The molecule has 18 heteroatoms. The number of ether oxygens (including phenoxy) is 1. The molecule has 1 aliphatic rings. The van der Waals surface area contributed by atoms with Crippen molar-refractivity contribution in [1.29, 1.82) is 0 Å². The minimum absolute atomic E-state index is 0.0371. The van der Waals surface area contributed by atoms with Crippen LogP contribution in [0.3, 0.4) is 0 Å². The number of amides is 3. The maximum absolute atomic E-state index is 13.6. The Balaban J connectivity index is 1.53. The Morgan fingerprint density at radius 3 is 2.36 bits per heavy atom. The fourth-order valence-corrected chi connectivity index (χ4v) is 4.64. The largest absolute Gasteiger partial charge is 0.471 e. The summed E-state index contributed by atoms with van der Waals surface area (Å²) >= 11 is 0. The maximum atomic E-state index is 13.6. The normalized spacial score (nSPS) is 14.4. The number of nitrogens with two attached hydrogens (primary N) is 1. The van der Waals surface area contributed by atoms with Gasteiger partial charge in [-0.25, -0.2) is 14.8 Å². The van der Waals surface area contributed by atoms with Crippen molar-refractivity contribution in [3.8, 4) is 0 Å². The summed E-state index contributed by atoms with van der Waals surface area (Å²) in [6.45, 7) is 6.52. The van der Waals surface area contributed by atoms with E-state index in [1.807, 2.05) is 0 Å². The fourth-order valence-electron chi connectivity index (χ4n) is 4.64. The number of aromatic amines is 1. The molecule has 1 aromatic carbocycles. The molecule has 1 fully saturated rings. The summed E-state index contributed by atoms with van der Waals surface area (Å²) in [6, 6.07) is 3.36. The van der Waals surface area contributed by atoms with Crippen LogP contribution < -0.4 is 26.8 Å². The van der Waals surface area contributed by atoms with Crippen LogP contribution in [-0.2, 0) is 25.7 Å². The van der Waals surface area contributed by atoms with Crippen LogP contribution in [0.2, 0.25) is 0 Å². The second-order valence-electron chi connectivity index (χ2n) is 11.6. The van der Waals surface area contributed by atoms with E-state index in [1.54, 1.807) is 25.7 Å². The lowest BCUT2D eigenvalue weighted by Gasteiger charge is -2.28. The molecular formula is C29H34F3N9O6. The first-order valence-corrected chi connectivity index (χ1v) is 14.5. The van der Waals surface area contributed by atoms with Gasteiger partial charge in [0.25, 0.3) is 11.5 Å². The van der Waals surface area contributed by atoms with Gasteiger partial charge in [0.15, 0.2) is 11.2 Å². The summed E-state index contributed by atoms with van der Waals surface area (Å²) in [6.07, 6.45) is -4.31. The number of hydrogen-bond acceptors (Lipinski definition) is 11. The van der Waals surface area contributed by atoms with Gasteiger partial charge in [-0.2, -0.15) is 18.2 Å². The van der Waals surface area contributed by atoms with Crippen LogP contribution in [0.5, 0.6) is 0 Å². The lowest BCUT2D eigenvalue weighted by Crippen LogP contribution is -2.48. The topological polar surface area (TPSA) is 206 Å². The molecule has 0 bridgehead atoms. The predicted molar refractivity (Wildman–Crippen MR) is 162 cm³/mol. The molecule has 0 aliphatic carbocycles. The molecule has 1 aliphatic heterocycles. The number of carbonyl (C=O) groups is 4. The lowest BCUT2D eigenvalue weighted by atomic mass is 10.1. The quantitative estimate of drug-likeness (QED) is 0.239. The molecule has 0 unspecified atom stereocenters. The number of nitrogen functional groups attached to an aromatic ring is 1. The van der Waals surface area contributed by atoms with Gasteiger partial charge in [-0.05, 0) is 51.5 Å². The summed E-state index contributed by atoms with van der Waals surface area (Å²) < 4.78 is 46.2. The molecule has 0 saturated carbocycles. The molecule has 0 spiro atoms. The number of aromatic nitrogens is 4. The zero-order chi connectivity index (χ0) is 34.5. The third-order valence-electron chi connectivity index (χ3n) is 6.85. The van der Waals surface area contributed by atoms with Crippen molar-refractivity contribution >= 4 is 46.5 Å². The van der Waals surface area contributed by atoms with Gasteiger partial charge in [0.2, 0.25) is 11.9 Å². The number of alkyl halides is 3. The zero-order valence-electron chi connectivity index (χ0n) is 25.8. The predicted octanol–water partition coefficient (Wildman–Crippen LogP) is 1.04. The van der Waals surface area contributed by atoms with Crippen molar-refractivity contribution in [2.75, 3.05) is 36.8 Å². The van der Waals surface area contributed by atoms with Gasteiger partial charge in [0.1, 0.15) is 11.6 Å². The maximum Gasteiger partial charge on any atom is 0.471 e. The number of rotatable bonds is 9. The molecule has 47 heavy (non-hydrogen) atoms. The number of hydrogen-bond donors (Lipinski definition) is 4. The van der Waals surface area contributed by atoms with Crippen LogP contribution in [0.4, 0.5) is 24.8 Å². The molecular weight excluding hydrogens is 627 g/mol. The van der Waals surface area contributed by atoms with E-state index in [4.69, 9.17) is 10.5 Å². The molecule has 252 valence electrons. The molecule has 0 radical (unpaired) electrons. The summed E-state index contributed by atoms with van der Waals surface area (Å²) in [4.78, 5) is 79.4. The summed E-state index contributed by atoms with van der Waals surface area (Å²) in [5, 5.41) is 5.70. The molecule has 3 heterocycles. The summed E-state index contributed by atoms with van der Waals surface area (Å²) in [5.41, 5.74) is 2.93. The fraction of sp³-hybridized carbons (Fsp3) is 0.448. The van der Waals surface area contributed by atoms with Crippen LogP contribution in [0, 0.1) is 0 Å². The van der Waals surface area contributed by atoms with Crippen LogP contribution in [0.1, 0.15) is 49.7 Å².